The topological polar surface area (TPSA) is 67.9 Å². The van der Waals surface area contributed by atoms with Gasteiger partial charge in [0.2, 0.25) is 11.8 Å². The third-order valence-corrected chi connectivity index (χ3v) is 7.40. The first-order chi connectivity index (χ1) is 16.7. The average molecular weight is 740 g/mol. The first kappa shape index (κ1) is 29.9. The van der Waals surface area contributed by atoms with Crippen LogP contribution in [0.25, 0.3) is 6.08 Å². The van der Waals surface area contributed by atoms with Crippen LogP contribution in [0.3, 0.4) is 0 Å². The van der Waals surface area contributed by atoms with Crippen molar-refractivity contribution in [1.82, 2.24) is 10.2 Å². The Morgan fingerprint density at radius 3 is 2.17 bits per heavy atom. The van der Waals surface area contributed by atoms with Gasteiger partial charge in [0.1, 0.15) is 11.5 Å². The molecular formula is C25H28Br4N2O4. The number of methoxy groups -OCH3 is 1. The summed E-state index contributed by atoms with van der Waals surface area (Å²) in [5.41, 5.74) is 1.96. The zero-order valence-corrected chi connectivity index (χ0v) is 26.1. The largest absolute Gasteiger partial charge is 0.494 e. The zero-order chi connectivity index (χ0) is 26.0. The standard InChI is InChI=1S/C25H28Br4N2O4/c1-4-23(33)31(2)10-8-17-14-20(28)25(21(29)15-17)35-11-5-9-30-22(32)7-6-16-12-18(26)24(34-3)19(27)13-16/h6-7,12-15H,4-5,8-11H2,1-3H3,(H,30,32)/b7-6+. The summed E-state index contributed by atoms with van der Waals surface area (Å²) in [5.74, 6) is 1.38. The van der Waals surface area contributed by atoms with Gasteiger partial charge in [-0.05, 0) is 118 Å². The molecule has 0 heterocycles. The Balaban J connectivity index is 1.78. The minimum absolute atomic E-state index is 0.132. The van der Waals surface area contributed by atoms with Crippen LogP contribution < -0.4 is 14.8 Å². The van der Waals surface area contributed by atoms with E-state index in [4.69, 9.17) is 9.47 Å². The van der Waals surface area contributed by atoms with Gasteiger partial charge in [-0.25, -0.2) is 0 Å². The second-order valence-electron chi connectivity index (χ2n) is 7.65. The molecule has 190 valence electrons. The normalized spacial score (nSPS) is 10.9. The number of likely N-dealkylation sites (N-methyl/N-ethyl adjacent to an activating group) is 1. The molecule has 2 aromatic rings. The van der Waals surface area contributed by atoms with Crippen molar-refractivity contribution >= 4 is 81.6 Å². The Hall–Kier alpha value is -1.36. The summed E-state index contributed by atoms with van der Waals surface area (Å²) in [5, 5.41) is 2.86. The highest BCUT2D eigenvalue weighted by atomic mass is 79.9. The van der Waals surface area contributed by atoms with Gasteiger partial charge in [0.05, 0.1) is 31.6 Å². The van der Waals surface area contributed by atoms with Crippen molar-refractivity contribution in [2.24, 2.45) is 0 Å². The van der Waals surface area contributed by atoms with Gasteiger partial charge in [0.25, 0.3) is 0 Å². The van der Waals surface area contributed by atoms with Gasteiger partial charge in [-0.2, -0.15) is 0 Å². The third kappa shape index (κ3) is 9.55. The van der Waals surface area contributed by atoms with Crippen molar-refractivity contribution in [3.63, 3.8) is 0 Å². The number of rotatable bonds is 12. The Kier molecular flexibility index (Phi) is 12.8. The Morgan fingerprint density at radius 1 is 1.00 bits per heavy atom. The number of hydrogen-bond donors (Lipinski definition) is 1. The van der Waals surface area contributed by atoms with E-state index in [1.54, 1.807) is 18.1 Å². The van der Waals surface area contributed by atoms with Crippen LogP contribution in [0, 0.1) is 0 Å². The van der Waals surface area contributed by atoms with E-state index in [-0.39, 0.29) is 11.8 Å². The zero-order valence-electron chi connectivity index (χ0n) is 19.8. The van der Waals surface area contributed by atoms with Crippen LogP contribution in [0.1, 0.15) is 30.9 Å². The molecule has 0 saturated heterocycles. The van der Waals surface area contributed by atoms with E-state index in [9.17, 15) is 9.59 Å². The molecule has 0 aromatic heterocycles. The third-order valence-electron chi connectivity index (χ3n) is 5.04. The molecule has 6 nitrogen and oxygen atoms in total. The van der Waals surface area contributed by atoms with Gasteiger partial charge in [0.15, 0.2) is 0 Å². The molecule has 0 aliphatic rings. The van der Waals surface area contributed by atoms with E-state index in [0.29, 0.717) is 44.0 Å². The first-order valence-electron chi connectivity index (χ1n) is 11.0. The van der Waals surface area contributed by atoms with Crippen LogP contribution >= 0.6 is 63.7 Å². The second-order valence-corrected chi connectivity index (χ2v) is 11.1. The minimum Gasteiger partial charge on any atom is -0.494 e. The number of halogens is 4. The van der Waals surface area contributed by atoms with Crippen molar-refractivity contribution in [2.45, 2.75) is 26.2 Å². The number of nitrogens with one attached hydrogen (secondary N) is 1. The van der Waals surface area contributed by atoms with Gasteiger partial charge in [-0.1, -0.05) is 6.92 Å². The van der Waals surface area contributed by atoms with Crippen LogP contribution in [-0.2, 0) is 16.0 Å². The summed E-state index contributed by atoms with van der Waals surface area (Å²) < 4.78 is 14.5. The molecule has 2 rings (SSSR count). The van der Waals surface area contributed by atoms with Crippen LogP contribution in [0.15, 0.2) is 48.2 Å². The fourth-order valence-corrected chi connectivity index (χ4v) is 6.20. The Morgan fingerprint density at radius 2 is 1.60 bits per heavy atom. The first-order valence-corrected chi connectivity index (χ1v) is 14.2. The van der Waals surface area contributed by atoms with Crippen LogP contribution in [-0.4, -0.2) is 50.6 Å². The second kappa shape index (κ2) is 15.0. The quantitative estimate of drug-likeness (QED) is 0.193. The highest BCUT2D eigenvalue weighted by molar-refractivity contribution is 9.11. The maximum Gasteiger partial charge on any atom is 0.244 e. The molecule has 0 fully saturated rings. The lowest BCUT2D eigenvalue weighted by Crippen LogP contribution is -2.27. The molecule has 1 N–H and O–H groups in total. The van der Waals surface area contributed by atoms with Crippen molar-refractivity contribution in [3.8, 4) is 11.5 Å². The maximum atomic E-state index is 12.1. The lowest BCUT2D eigenvalue weighted by atomic mass is 10.1. The van der Waals surface area contributed by atoms with Gasteiger partial charge in [0, 0.05) is 32.6 Å². The summed E-state index contributed by atoms with van der Waals surface area (Å²) in [6, 6.07) is 7.77. The fraction of sp³-hybridized carbons (Fsp3) is 0.360. The summed E-state index contributed by atoms with van der Waals surface area (Å²) in [7, 11) is 3.42. The van der Waals surface area contributed by atoms with E-state index in [2.05, 4.69) is 69.0 Å². The number of carbonyl (C=O) groups excluding carboxylic acids is 2. The number of carbonyl (C=O) groups is 2. The molecule has 0 aliphatic heterocycles. The number of nitrogens with zero attached hydrogens (tertiary/aromatic N) is 1. The molecule has 10 heteroatoms. The predicted molar refractivity (Wildman–Crippen MR) is 154 cm³/mol. The van der Waals surface area contributed by atoms with Crippen molar-refractivity contribution in [1.29, 1.82) is 0 Å². The summed E-state index contributed by atoms with van der Waals surface area (Å²) >= 11 is 14.1. The van der Waals surface area contributed by atoms with Crippen LogP contribution in [0.4, 0.5) is 0 Å². The maximum absolute atomic E-state index is 12.1. The molecule has 0 aliphatic carbocycles. The number of benzene rings is 2. The van der Waals surface area contributed by atoms with E-state index < -0.39 is 0 Å². The SMILES string of the molecule is CCC(=O)N(C)CCc1cc(Br)c(OCCCNC(=O)/C=C/c2cc(Br)c(OC)c(Br)c2)c(Br)c1. The predicted octanol–water partition coefficient (Wildman–Crippen LogP) is 6.75. The number of hydrogen-bond acceptors (Lipinski definition) is 4. The molecule has 2 aromatic carbocycles. The number of amides is 2. The number of ether oxygens (including phenoxy) is 2. The Labute approximate surface area is 240 Å². The van der Waals surface area contributed by atoms with Crippen LogP contribution in [0.5, 0.6) is 11.5 Å². The van der Waals surface area contributed by atoms with E-state index in [1.165, 1.54) is 6.08 Å². The molecule has 0 spiro atoms. The van der Waals surface area contributed by atoms with Crippen LogP contribution in [0.2, 0.25) is 0 Å². The van der Waals surface area contributed by atoms with Gasteiger partial charge < -0.3 is 19.7 Å². The summed E-state index contributed by atoms with van der Waals surface area (Å²) in [6.45, 7) is 3.46. The monoisotopic (exact) mass is 736 g/mol. The molecular weight excluding hydrogens is 712 g/mol. The summed E-state index contributed by atoms with van der Waals surface area (Å²) in [6.07, 6.45) is 5.16. The van der Waals surface area contributed by atoms with E-state index in [0.717, 1.165) is 35.4 Å². The summed E-state index contributed by atoms with van der Waals surface area (Å²) in [4.78, 5) is 25.6. The molecule has 0 bridgehead atoms. The lowest BCUT2D eigenvalue weighted by molar-refractivity contribution is -0.129. The van der Waals surface area contributed by atoms with Gasteiger partial charge >= 0.3 is 0 Å². The van der Waals surface area contributed by atoms with Crippen molar-refractivity contribution < 1.29 is 19.1 Å². The minimum atomic E-state index is -0.175. The highest BCUT2D eigenvalue weighted by Crippen LogP contribution is 2.36. The molecule has 0 unspecified atom stereocenters. The van der Waals surface area contributed by atoms with Gasteiger partial charge in [-0.3, -0.25) is 9.59 Å². The van der Waals surface area contributed by atoms with Crippen molar-refractivity contribution in [3.05, 3.63) is 59.4 Å². The van der Waals surface area contributed by atoms with Gasteiger partial charge in [-0.15, -0.1) is 0 Å². The lowest BCUT2D eigenvalue weighted by Gasteiger charge is -2.17. The molecule has 0 saturated carbocycles. The molecule has 35 heavy (non-hydrogen) atoms. The molecule has 2 amide bonds. The van der Waals surface area contributed by atoms with E-state index in [1.807, 2.05) is 38.2 Å². The van der Waals surface area contributed by atoms with Crippen molar-refractivity contribution in [2.75, 3.05) is 33.9 Å². The highest BCUT2D eigenvalue weighted by Gasteiger charge is 2.11. The molecule has 0 atom stereocenters. The average Bonchev–Trinajstić information content (AvgIpc) is 2.81. The molecule has 0 radical (unpaired) electrons. The Bertz CT molecular complexity index is 1030. The van der Waals surface area contributed by atoms with E-state index >= 15 is 0 Å². The smallest absolute Gasteiger partial charge is 0.244 e. The fourth-order valence-electron chi connectivity index (χ4n) is 3.15.